The number of para-hydroxylation sites is 1. The van der Waals surface area contributed by atoms with E-state index in [1.807, 2.05) is 18.2 Å². The third-order valence-corrected chi connectivity index (χ3v) is 3.93. The second kappa shape index (κ2) is 10.6. The van der Waals surface area contributed by atoms with Gasteiger partial charge >= 0.3 is 5.97 Å². The number of Topliss-reactive ketones (excluding diaryl/α,β-unsaturated/α-hetero) is 1. The lowest BCUT2D eigenvalue weighted by atomic mass is 10.0. The van der Waals surface area contributed by atoms with Crippen LogP contribution in [0.2, 0.25) is 0 Å². The Morgan fingerprint density at radius 2 is 2.17 bits per heavy atom. The molecular weight excluding hydrogens is 292 g/mol. The Morgan fingerprint density at radius 1 is 1.43 bits per heavy atom. The van der Waals surface area contributed by atoms with Crippen LogP contribution in [0.5, 0.6) is 5.75 Å². The minimum absolute atomic E-state index is 0.208. The molecule has 0 radical (unpaired) electrons. The molecule has 2 rings (SSSR count). The number of rotatable bonds is 6. The molecule has 23 heavy (non-hydrogen) atoms. The van der Waals surface area contributed by atoms with Gasteiger partial charge in [-0.1, -0.05) is 24.3 Å². The van der Waals surface area contributed by atoms with Crippen molar-refractivity contribution in [3.8, 4) is 5.75 Å². The summed E-state index contributed by atoms with van der Waals surface area (Å²) >= 11 is 0. The van der Waals surface area contributed by atoms with Gasteiger partial charge in [0.05, 0.1) is 7.11 Å². The number of carbonyl (C=O) groups excluding carboxylic acids is 2. The zero-order valence-corrected chi connectivity index (χ0v) is 13.8. The van der Waals surface area contributed by atoms with E-state index in [4.69, 9.17) is 0 Å². The van der Waals surface area contributed by atoms with E-state index < -0.39 is 0 Å². The first-order chi connectivity index (χ1) is 11.1. The monoisotopic (exact) mass is 318 g/mol. The second-order valence-electron chi connectivity index (χ2n) is 5.64. The fraction of sp³-hybridized carbons (Fsp3) is 0.474. The van der Waals surface area contributed by atoms with E-state index in [9.17, 15) is 14.7 Å². The Labute approximate surface area is 138 Å². The fourth-order valence-electron chi connectivity index (χ4n) is 2.59. The minimum Gasteiger partial charge on any atom is -0.508 e. The van der Waals surface area contributed by atoms with Crippen molar-refractivity contribution in [3.63, 3.8) is 0 Å². The molecule has 1 saturated carbocycles. The maximum absolute atomic E-state index is 10.9. The second-order valence-corrected chi connectivity index (χ2v) is 5.64. The molecule has 0 saturated heterocycles. The highest BCUT2D eigenvalue weighted by Crippen LogP contribution is 2.24. The number of ether oxygens (including phenoxy) is 1. The lowest BCUT2D eigenvalue weighted by molar-refractivity contribution is -0.140. The van der Waals surface area contributed by atoms with Crippen LogP contribution in [0.1, 0.15) is 44.1 Å². The quantitative estimate of drug-likeness (QED) is 0.640. The summed E-state index contributed by atoms with van der Waals surface area (Å²) < 4.78 is 4.52. The van der Waals surface area contributed by atoms with Crippen LogP contribution in [-0.2, 0) is 20.7 Å². The van der Waals surface area contributed by atoms with Crippen LogP contribution in [0.15, 0.2) is 36.9 Å². The van der Waals surface area contributed by atoms with Gasteiger partial charge in [-0.25, -0.2) is 0 Å². The highest BCUT2D eigenvalue weighted by molar-refractivity contribution is 5.82. The molecule has 1 aliphatic rings. The molecule has 1 fully saturated rings. The third-order valence-electron chi connectivity index (χ3n) is 3.93. The van der Waals surface area contributed by atoms with Crippen molar-refractivity contribution in [2.75, 3.05) is 7.11 Å². The van der Waals surface area contributed by atoms with Crippen LogP contribution >= 0.6 is 0 Å². The van der Waals surface area contributed by atoms with Crippen LogP contribution in [0.4, 0.5) is 0 Å². The van der Waals surface area contributed by atoms with Gasteiger partial charge in [-0.15, -0.1) is 6.58 Å². The number of hydrogen-bond acceptors (Lipinski definition) is 4. The van der Waals surface area contributed by atoms with Crippen molar-refractivity contribution in [1.82, 2.24) is 0 Å². The fourth-order valence-corrected chi connectivity index (χ4v) is 2.59. The van der Waals surface area contributed by atoms with Gasteiger partial charge < -0.3 is 9.84 Å². The lowest BCUT2D eigenvalue weighted by Gasteiger charge is -2.02. The minimum atomic E-state index is -0.208. The van der Waals surface area contributed by atoms with Crippen molar-refractivity contribution in [1.29, 1.82) is 0 Å². The average molecular weight is 318 g/mol. The number of methoxy groups -OCH3 is 1. The average Bonchev–Trinajstić information content (AvgIpc) is 2.95. The lowest BCUT2D eigenvalue weighted by Crippen LogP contribution is -2.03. The zero-order valence-electron chi connectivity index (χ0n) is 13.8. The van der Waals surface area contributed by atoms with Crippen LogP contribution in [0, 0.1) is 5.92 Å². The van der Waals surface area contributed by atoms with Crippen molar-refractivity contribution in [2.45, 2.75) is 44.9 Å². The van der Waals surface area contributed by atoms with Crippen molar-refractivity contribution in [2.24, 2.45) is 5.92 Å². The number of esters is 1. The van der Waals surface area contributed by atoms with Crippen molar-refractivity contribution < 1.29 is 19.4 Å². The van der Waals surface area contributed by atoms with Gasteiger partial charge in [0.1, 0.15) is 11.5 Å². The van der Waals surface area contributed by atoms with E-state index in [1.165, 1.54) is 7.11 Å². The molecule has 1 N–H and O–H groups in total. The molecule has 0 spiro atoms. The molecule has 0 aliphatic heterocycles. The number of phenols is 1. The summed E-state index contributed by atoms with van der Waals surface area (Å²) in [7, 11) is 1.38. The Bertz CT molecular complexity index is 522. The van der Waals surface area contributed by atoms with Crippen LogP contribution in [-0.4, -0.2) is 24.0 Å². The normalized spacial score (nSPS) is 16.4. The van der Waals surface area contributed by atoms with E-state index in [0.717, 1.165) is 31.2 Å². The smallest absolute Gasteiger partial charge is 0.305 e. The van der Waals surface area contributed by atoms with Crippen LogP contribution in [0.25, 0.3) is 0 Å². The summed E-state index contributed by atoms with van der Waals surface area (Å²) in [6.07, 6.45) is 7.50. The standard InChI is InChI=1S/C11H14O3.C8H12O/c1-14-11(13)8-4-6-9-5-2-3-7-10(9)12;1-2-4-7-5-3-6-8(7)9/h2-3,5,7,12H,4,6,8H2,1H3;2,7H,1,3-6H2/t;7-/m.1/s1. The first kappa shape index (κ1) is 18.9. The molecule has 0 unspecified atom stereocenters. The predicted octanol–water partition coefficient (Wildman–Crippen LogP) is 3.82. The van der Waals surface area contributed by atoms with Gasteiger partial charge in [-0.3, -0.25) is 9.59 Å². The van der Waals surface area contributed by atoms with E-state index in [-0.39, 0.29) is 11.7 Å². The maximum atomic E-state index is 10.9. The Kier molecular flexibility index (Phi) is 8.73. The van der Waals surface area contributed by atoms with Gasteiger partial charge in [0.2, 0.25) is 0 Å². The Balaban J connectivity index is 0.000000253. The summed E-state index contributed by atoms with van der Waals surface area (Å²) in [5.41, 5.74) is 0.872. The molecule has 0 heterocycles. The van der Waals surface area contributed by atoms with E-state index in [2.05, 4.69) is 11.3 Å². The van der Waals surface area contributed by atoms with E-state index in [0.29, 0.717) is 31.0 Å². The Hall–Kier alpha value is -2.10. The number of carbonyl (C=O) groups is 2. The molecule has 0 amide bonds. The number of allylic oxidation sites excluding steroid dienone is 1. The Morgan fingerprint density at radius 3 is 2.74 bits per heavy atom. The van der Waals surface area contributed by atoms with Gasteiger partial charge in [0.25, 0.3) is 0 Å². The summed E-state index contributed by atoms with van der Waals surface area (Å²) in [4.78, 5) is 21.7. The van der Waals surface area contributed by atoms with E-state index >= 15 is 0 Å². The molecule has 1 aromatic rings. The summed E-state index contributed by atoms with van der Waals surface area (Å²) in [6.45, 7) is 3.61. The number of phenolic OH excluding ortho intramolecular Hbond substituents is 1. The molecule has 1 aromatic carbocycles. The van der Waals surface area contributed by atoms with Crippen LogP contribution in [0.3, 0.4) is 0 Å². The van der Waals surface area contributed by atoms with Crippen molar-refractivity contribution in [3.05, 3.63) is 42.5 Å². The van der Waals surface area contributed by atoms with Crippen LogP contribution < -0.4 is 0 Å². The summed E-state index contributed by atoms with van der Waals surface area (Å²) in [5.74, 6) is 0.843. The first-order valence-electron chi connectivity index (χ1n) is 8.05. The molecule has 4 heteroatoms. The highest BCUT2D eigenvalue weighted by atomic mass is 16.5. The molecule has 126 valence electrons. The molecule has 1 atom stereocenters. The highest BCUT2D eigenvalue weighted by Gasteiger charge is 2.22. The third kappa shape index (κ3) is 7.13. The topological polar surface area (TPSA) is 63.6 Å². The largest absolute Gasteiger partial charge is 0.508 e. The first-order valence-corrected chi connectivity index (χ1v) is 8.05. The van der Waals surface area contributed by atoms with Gasteiger partial charge in [0, 0.05) is 18.8 Å². The van der Waals surface area contributed by atoms with Gasteiger partial charge in [-0.05, 0) is 43.7 Å². The molecular formula is C19H26O4. The maximum Gasteiger partial charge on any atom is 0.305 e. The molecule has 4 nitrogen and oxygen atoms in total. The number of benzene rings is 1. The number of ketones is 1. The molecule has 0 aromatic heterocycles. The summed E-state index contributed by atoms with van der Waals surface area (Å²) in [5, 5.41) is 9.42. The predicted molar refractivity (Wildman–Crippen MR) is 90.2 cm³/mol. The number of aryl methyl sites for hydroxylation is 1. The van der Waals surface area contributed by atoms with Crippen molar-refractivity contribution >= 4 is 11.8 Å². The molecule has 1 aliphatic carbocycles. The van der Waals surface area contributed by atoms with E-state index in [1.54, 1.807) is 12.1 Å². The SMILES string of the molecule is C=CC[C@@H]1CCCC1=O.COC(=O)CCCc1ccccc1O. The van der Waals surface area contributed by atoms with Gasteiger partial charge in [0.15, 0.2) is 0 Å². The zero-order chi connectivity index (χ0) is 17.1. The van der Waals surface area contributed by atoms with Gasteiger partial charge in [-0.2, -0.15) is 0 Å². The summed E-state index contributed by atoms with van der Waals surface area (Å²) in [6, 6.07) is 7.15. The molecule has 0 bridgehead atoms. The number of hydrogen-bond donors (Lipinski definition) is 1. The number of aromatic hydroxyl groups is 1.